The number of carbonyl (C=O) groups is 1. The van der Waals surface area contributed by atoms with E-state index < -0.39 is 10.0 Å². The minimum atomic E-state index is -3.22. The van der Waals surface area contributed by atoms with E-state index in [1.165, 1.54) is 6.26 Å². The van der Waals surface area contributed by atoms with Crippen molar-refractivity contribution in [3.8, 4) is 5.88 Å². The summed E-state index contributed by atoms with van der Waals surface area (Å²) >= 11 is 0. The smallest absolute Gasteiger partial charge is 0.217 e. The van der Waals surface area contributed by atoms with Crippen molar-refractivity contribution >= 4 is 16.3 Å². The fourth-order valence-electron chi connectivity index (χ4n) is 4.09. The maximum atomic E-state index is 11.5. The van der Waals surface area contributed by atoms with E-state index >= 15 is 0 Å². The minimum absolute atomic E-state index is 0.00844. The zero-order valence-electron chi connectivity index (χ0n) is 16.2. The normalized spacial score (nSPS) is 28.2. The van der Waals surface area contributed by atoms with Gasteiger partial charge in [0.05, 0.1) is 19.0 Å². The maximum absolute atomic E-state index is 11.5. The molecule has 1 aliphatic heterocycles. The molecule has 0 bridgehead atoms. The first-order chi connectivity index (χ1) is 13.5. The maximum Gasteiger partial charge on any atom is 0.217 e. The lowest BCUT2D eigenvalue weighted by Gasteiger charge is -2.30. The van der Waals surface area contributed by atoms with Gasteiger partial charge in [-0.3, -0.25) is 4.79 Å². The second-order valence-electron chi connectivity index (χ2n) is 7.53. The van der Waals surface area contributed by atoms with Gasteiger partial charge in [-0.1, -0.05) is 6.07 Å². The molecule has 2 aliphatic rings. The van der Waals surface area contributed by atoms with Crippen molar-refractivity contribution in [3.63, 3.8) is 0 Å². The van der Waals surface area contributed by atoms with Crippen LogP contribution < -0.4 is 14.8 Å². The average Bonchev–Trinajstić information content (AvgIpc) is 3.10. The summed E-state index contributed by atoms with van der Waals surface area (Å²) < 4.78 is 37.2. The SMILES string of the molecule is CS(=O)(=O)N[C@H]1CCN[C@H]1COC1CCC(c2cccnc2OCC=O)CC1. The van der Waals surface area contributed by atoms with Gasteiger partial charge in [0.2, 0.25) is 15.9 Å². The Bertz CT molecular complexity index is 750. The van der Waals surface area contributed by atoms with E-state index in [2.05, 4.69) is 15.0 Å². The van der Waals surface area contributed by atoms with Gasteiger partial charge in [0.15, 0.2) is 6.29 Å². The average molecular weight is 412 g/mol. The van der Waals surface area contributed by atoms with Gasteiger partial charge in [0.1, 0.15) is 6.61 Å². The summed E-state index contributed by atoms with van der Waals surface area (Å²) in [6, 6.07) is 3.81. The molecule has 1 aliphatic carbocycles. The molecule has 2 atom stereocenters. The van der Waals surface area contributed by atoms with Crippen LogP contribution in [0.1, 0.15) is 43.6 Å². The molecular weight excluding hydrogens is 382 g/mol. The van der Waals surface area contributed by atoms with E-state index in [0.29, 0.717) is 18.4 Å². The molecule has 156 valence electrons. The number of nitrogens with one attached hydrogen (secondary N) is 2. The molecule has 3 rings (SSSR count). The summed E-state index contributed by atoms with van der Waals surface area (Å²) in [5.41, 5.74) is 1.05. The Balaban J connectivity index is 1.48. The molecule has 0 radical (unpaired) electrons. The lowest BCUT2D eigenvalue weighted by Crippen LogP contribution is -2.46. The minimum Gasteiger partial charge on any atom is -0.470 e. The van der Waals surface area contributed by atoms with Crippen molar-refractivity contribution in [2.75, 3.05) is 26.0 Å². The molecule has 1 saturated heterocycles. The first-order valence-electron chi connectivity index (χ1n) is 9.80. The van der Waals surface area contributed by atoms with Crippen LogP contribution in [0, 0.1) is 0 Å². The van der Waals surface area contributed by atoms with E-state index in [-0.39, 0.29) is 24.8 Å². The molecule has 8 nitrogen and oxygen atoms in total. The summed E-state index contributed by atoms with van der Waals surface area (Å²) in [5, 5.41) is 3.33. The molecule has 28 heavy (non-hydrogen) atoms. The quantitative estimate of drug-likeness (QED) is 0.584. The van der Waals surface area contributed by atoms with Gasteiger partial charge in [0.25, 0.3) is 0 Å². The Morgan fingerprint density at radius 1 is 1.29 bits per heavy atom. The fourth-order valence-corrected chi connectivity index (χ4v) is 4.92. The first-order valence-corrected chi connectivity index (χ1v) is 11.7. The molecular formula is C19H29N3O5S. The van der Waals surface area contributed by atoms with Crippen molar-refractivity contribution in [2.45, 2.75) is 56.2 Å². The van der Waals surface area contributed by atoms with Crippen molar-refractivity contribution < 1.29 is 22.7 Å². The van der Waals surface area contributed by atoms with Crippen LogP contribution in [0.5, 0.6) is 5.88 Å². The van der Waals surface area contributed by atoms with E-state index in [9.17, 15) is 13.2 Å². The lowest BCUT2D eigenvalue weighted by molar-refractivity contribution is -0.109. The summed E-state index contributed by atoms with van der Waals surface area (Å²) in [7, 11) is -3.22. The Morgan fingerprint density at radius 3 is 2.79 bits per heavy atom. The van der Waals surface area contributed by atoms with Crippen LogP contribution in [0.2, 0.25) is 0 Å². The van der Waals surface area contributed by atoms with Crippen LogP contribution in [0.3, 0.4) is 0 Å². The number of sulfonamides is 1. The Hall–Kier alpha value is -1.55. The Kier molecular flexibility index (Phi) is 7.39. The Morgan fingerprint density at radius 2 is 2.07 bits per heavy atom. The molecule has 1 aromatic heterocycles. The van der Waals surface area contributed by atoms with Crippen LogP contribution in [-0.2, 0) is 19.6 Å². The highest BCUT2D eigenvalue weighted by Gasteiger charge is 2.31. The predicted molar refractivity (Wildman–Crippen MR) is 105 cm³/mol. The molecule has 2 N–H and O–H groups in total. The highest BCUT2D eigenvalue weighted by Crippen LogP contribution is 2.37. The zero-order valence-corrected chi connectivity index (χ0v) is 17.0. The number of ether oxygens (including phenoxy) is 2. The highest BCUT2D eigenvalue weighted by molar-refractivity contribution is 7.88. The Labute approximate surface area is 166 Å². The van der Waals surface area contributed by atoms with E-state index in [0.717, 1.165) is 50.5 Å². The van der Waals surface area contributed by atoms with E-state index in [1.807, 2.05) is 12.1 Å². The summed E-state index contributed by atoms with van der Waals surface area (Å²) in [6.45, 7) is 1.31. The van der Waals surface area contributed by atoms with Crippen LogP contribution in [0.4, 0.5) is 0 Å². The summed E-state index contributed by atoms with van der Waals surface area (Å²) in [5.74, 6) is 0.892. The largest absolute Gasteiger partial charge is 0.470 e. The van der Waals surface area contributed by atoms with Crippen LogP contribution in [0.15, 0.2) is 18.3 Å². The number of aldehydes is 1. The molecule has 0 unspecified atom stereocenters. The number of hydrogen-bond acceptors (Lipinski definition) is 7. The summed E-state index contributed by atoms with van der Waals surface area (Å²) in [4.78, 5) is 14.8. The highest BCUT2D eigenvalue weighted by atomic mass is 32.2. The van der Waals surface area contributed by atoms with Crippen LogP contribution in [-0.4, -0.2) is 63.9 Å². The van der Waals surface area contributed by atoms with Gasteiger partial charge in [-0.05, 0) is 50.6 Å². The van der Waals surface area contributed by atoms with E-state index in [1.54, 1.807) is 6.20 Å². The van der Waals surface area contributed by atoms with Crippen LogP contribution in [0.25, 0.3) is 0 Å². The molecule has 2 fully saturated rings. The third-order valence-electron chi connectivity index (χ3n) is 5.43. The van der Waals surface area contributed by atoms with Gasteiger partial charge in [0, 0.05) is 23.8 Å². The lowest BCUT2D eigenvalue weighted by atomic mass is 9.83. The molecule has 0 spiro atoms. The van der Waals surface area contributed by atoms with Gasteiger partial charge in [-0.25, -0.2) is 18.1 Å². The third-order valence-corrected chi connectivity index (χ3v) is 6.16. The second kappa shape index (κ2) is 9.78. The fraction of sp³-hybridized carbons (Fsp3) is 0.684. The molecule has 2 heterocycles. The van der Waals surface area contributed by atoms with Crippen molar-refractivity contribution in [1.82, 2.24) is 15.0 Å². The van der Waals surface area contributed by atoms with Crippen molar-refractivity contribution in [3.05, 3.63) is 23.9 Å². The number of hydrogen-bond donors (Lipinski definition) is 2. The topological polar surface area (TPSA) is 107 Å². The number of pyridine rings is 1. The zero-order chi connectivity index (χ0) is 20.0. The molecule has 1 aromatic rings. The number of rotatable bonds is 9. The molecule has 0 amide bonds. The predicted octanol–water partition coefficient (Wildman–Crippen LogP) is 0.982. The third kappa shape index (κ3) is 5.97. The second-order valence-corrected chi connectivity index (χ2v) is 9.31. The standard InChI is InChI=1S/C19H29N3O5S/c1-28(24,25)22-17-8-10-20-18(17)13-27-15-6-4-14(5-7-15)16-3-2-9-21-19(16)26-12-11-23/h2-3,9,11,14-15,17-18,20,22H,4-8,10,12-13H2,1H3/t14?,15?,17-,18-/m0/s1. The monoisotopic (exact) mass is 411 g/mol. The van der Waals surface area contributed by atoms with Crippen LogP contribution >= 0.6 is 0 Å². The number of carbonyl (C=O) groups excluding carboxylic acids is 1. The van der Waals surface area contributed by atoms with Gasteiger partial charge in [-0.2, -0.15) is 0 Å². The van der Waals surface area contributed by atoms with E-state index in [4.69, 9.17) is 9.47 Å². The molecule has 0 aromatic carbocycles. The van der Waals surface area contributed by atoms with Gasteiger partial charge in [-0.15, -0.1) is 0 Å². The van der Waals surface area contributed by atoms with Crippen molar-refractivity contribution in [1.29, 1.82) is 0 Å². The molecule has 1 saturated carbocycles. The van der Waals surface area contributed by atoms with Gasteiger partial charge >= 0.3 is 0 Å². The van der Waals surface area contributed by atoms with Gasteiger partial charge < -0.3 is 14.8 Å². The van der Waals surface area contributed by atoms with Crippen molar-refractivity contribution in [2.24, 2.45) is 0 Å². The number of nitrogens with zero attached hydrogens (tertiary/aromatic N) is 1. The molecule has 9 heteroatoms. The summed E-state index contributed by atoms with van der Waals surface area (Å²) in [6.07, 6.45) is 8.35. The first kappa shape index (κ1) is 21.2. The number of aromatic nitrogens is 1.